The first-order valence-corrected chi connectivity index (χ1v) is 15.9. The normalized spacial score (nSPS) is 26.3. The number of pyridine rings is 1. The highest BCUT2D eigenvalue weighted by molar-refractivity contribution is 5.72. The van der Waals surface area contributed by atoms with Gasteiger partial charge in [-0.25, -0.2) is 9.37 Å². The Morgan fingerprint density at radius 3 is 2.67 bits per heavy atom. The van der Waals surface area contributed by atoms with E-state index in [2.05, 4.69) is 53.3 Å². The number of likely N-dealkylation sites (N-methyl/N-ethyl adjacent to an activating group) is 1. The van der Waals surface area contributed by atoms with Crippen LogP contribution in [0.1, 0.15) is 92.1 Å². The van der Waals surface area contributed by atoms with Gasteiger partial charge in [0.2, 0.25) is 5.88 Å². The third-order valence-corrected chi connectivity index (χ3v) is 10.8. The summed E-state index contributed by atoms with van der Waals surface area (Å²) in [4.78, 5) is 18.5. The average Bonchev–Trinajstić information content (AvgIpc) is 3.84. The zero-order valence-corrected chi connectivity index (χ0v) is 25.3. The lowest BCUT2D eigenvalue weighted by Crippen LogP contribution is -2.37. The summed E-state index contributed by atoms with van der Waals surface area (Å²) in [7, 11) is 3.80. The molecule has 226 valence electrons. The van der Waals surface area contributed by atoms with Gasteiger partial charge < -0.3 is 14.6 Å². The number of aromatic nitrogens is 1. The van der Waals surface area contributed by atoms with E-state index in [1.807, 2.05) is 6.92 Å². The van der Waals surface area contributed by atoms with Crippen LogP contribution in [0.2, 0.25) is 0 Å². The maximum absolute atomic E-state index is 15.3. The van der Waals surface area contributed by atoms with Crippen molar-refractivity contribution in [1.82, 2.24) is 9.88 Å². The Morgan fingerprint density at radius 1 is 1.09 bits per heavy atom. The van der Waals surface area contributed by atoms with Gasteiger partial charge in [0.05, 0.1) is 19.2 Å². The smallest absolute Gasteiger partial charge is 0.306 e. The first-order chi connectivity index (χ1) is 20.8. The van der Waals surface area contributed by atoms with Gasteiger partial charge in [0, 0.05) is 29.6 Å². The van der Waals surface area contributed by atoms with Crippen molar-refractivity contribution < 1.29 is 23.8 Å². The van der Waals surface area contributed by atoms with Crippen molar-refractivity contribution in [2.24, 2.45) is 11.8 Å². The first-order valence-electron chi connectivity index (χ1n) is 15.9. The van der Waals surface area contributed by atoms with Gasteiger partial charge in [-0.3, -0.25) is 9.69 Å². The second-order valence-corrected chi connectivity index (χ2v) is 13.2. The summed E-state index contributed by atoms with van der Waals surface area (Å²) >= 11 is 0. The molecule has 1 aromatic heterocycles. The fraction of sp³-hybridized carbons (Fsp3) is 0.500. The summed E-state index contributed by atoms with van der Waals surface area (Å²) in [5.74, 6) is 0.481. The maximum atomic E-state index is 15.3. The van der Waals surface area contributed by atoms with Gasteiger partial charge in [-0.1, -0.05) is 43.7 Å². The number of methoxy groups -OCH3 is 1. The number of carboxylic acid groups (broad SMARTS) is 1. The van der Waals surface area contributed by atoms with Crippen LogP contribution in [0.5, 0.6) is 11.6 Å². The first kappa shape index (κ1) is 28.3. The zero-order valence-electron chi connectivity index (χ0n) is 25.3. The number of nitrogens with zero attached hydrogens (tertiary/aromatic N) is 2. The molecule has 1 aliphatic carbocycles. The van der Waals surface area contributed by atoms with Crippen LogP contribution in [0.25, 0.3) is 11.1 Å². The van der Waals surface area contributed by atoms with Crippen LogP contribution < -0.4 is 9.47 Å². The topological polar surface area (TPSA) is 71.9 Å². The van der Waals surface area contributed by atoms with Crippen molar-refractivity contribution in [2.75, 3.05) is 14.2 Å². The number of hydrogen-bond acceptors (Lipinski definition) is 5. The third kappa shape index (κ3) is 5.20. The number of hydrogen-bond donors (Lipinski definition) is 1. The standard InChI is InChI=1S/C36H41FN2O4/c1-20(36(40)41)35(22-8-9-22)24-10-7-21-12-14-32(43-33(21)16-24)23-11-13-26(28-18-34(42-3)38-19-30(28)37)27(15-23)29-17-25-5-4-6-31(29)39(25)2/h7,10-11,13,15-16,18-20,22,25,29,31-32,35H,4-6,8-9,12,14,17H2,1-3H3,(H,40,41)/t20-,25?,29?,31?,32?,35-/m0/s1. The lowest BCUT2D eigenvalue weighted by atomic mass is 9.82. The molecule has 4 unspecified atom stereocenters. The summed E-state index contributed by atoms with van der Waals surface area (Å²) < 4.78 is 27.4. The Labute approximate surface area is 253 Å². The number of aryl methyl sites for hydroxylation is 1. The molecule has 0 radical (unpaired) electrons. The molecule has 7 rings (SSSR count). The number of piperidine rings is 1. The molecule has 1 saturated carbocycles. The third-order valence-electron chi connectivity index (χ3n) is 10.8. The molecule has 4 heterocycles. The molecule has 2 saturated heterocycles. The summed E-state index contributed by atoms with van der Waals surface area (Å²) in [5.41, 5.74) is 5.95. The van der Waals surface area contributed by atoms with Crippen molar-refractivity contribution in [2.45, 2.75) is 88.3 Å². The summed E-state index contributed by atoms with van der Waals surface area (Å²) in [6.45, 7) is 1.83. The SMILES string of the molecule is COc1cc(-c2ccc(C3CCc4ccc([C@H](C5CC5)[C@H](C)C(=O)O)cc4O3)cc2C2CC3CCCC2N3C)c(F)cn1. The number of halogens is 1. The average molecular weight is 585 g/mol. The highest BCUT2D eigenvalue weighted by atomic mass is 19.1. The van der Waals surface area contributed by atoms with Gasteiger partial charge in [0.15, 0.2) is 0 Å². The van der Waals surface area contributed by atoms with Crippen molar-refractivity contribution >= 4 is 5.97 Å². The van der Waals surface area contributed by atoms with Crippen molar-refractivity contribution in [3.05, 3.63) is 76.7 Å². The number of carboxylic acids is 1. The lowest BCUT2D eigenvalue weighted by molar-refractivity contribution is -0.142. The molecule has 3 aliphatic heterocycles. The van der Waals surface area contributed by atoms with Crippen molar-refractivity contribution in [3.8, 4) is 22.8 Å². The Kier molecular flexibility index (Phi) is 7.40. The molecule has 4 aliphatic rings. The number of benzene rings is 2. The van der Waals surface area contributed by atoms with E-state index in [1.165, 1.54) is 30.2 Å². The molecular formula is C36H41FN2O4. The Balaban J connectivity index is 1.25. The van der Waals surface area contributed by atoms with Crippen molar-refractivity contribution in [3.63, 3.8) is 0 Å². The molecule has 1 N–H and O–H groups in total. The van der Waals surface area contributed by atoms with Crippen LogP contribution in [0, 0.1) is 17.7 Å². The Morgan fingerprint density at radius 2 is 1.93 bits per heavy atom. The van der Waals surface area contributed by atoms with Gasteiger partial charge in [-0.05, 0) is 97.7 Å². The summed E-state index contributed by atoms with van der Waals surface area (Å²) in [6, 6.07) is 15.5. The number of ether oxygens (including phenoxy) is 2. The largest absolute Gasteiger partial charge is 0.485 e. The van der Waals surface area contributed by atoms with Crippen LogP contribution in [-0.4, -0.2) is 47.2 Å². The predicted octanol–water partition coefficient (Wildman–Crippen LogP) is 7.52. The second-order valence-electron chi connectivity index (χ2n) is 13.2. The fourth-order valence-electron chi connectivity index (χ4n) is 8.27. The van der Waals surface area contributed by atoms with Crippen LogP contribution in [-0.2, 0) is 11.2 Å². The second kappa shape index (κ2) is 11.2. The molecule has 3 aromatic rings. The van der Waals surface area contributed by atoms with Crippen LogP contribution in [0.4, 0.5) is 4.39 Å². The molecule has 0 spiro atoms. The molecule has 43 heavy (non-hydrogen) atoms. The van der Waals surface area contributed by atoms with E-state index in [0.717, 1.165) is 61.0 Å². The van der Waals surface area contributed by atoms with E-state index >= 15 is 4.39 Å². The van der Waals surface area contributed by atoms with E-state index in [4.69, 9.17) is 9.47 Å². The molecule has 0 amide bonds. The van der Waals surface area contributed by atoms with Crippen LogP contribution in [0.3, 0.4) is 0 Å². The van der Waals surface area contributed by atoms with Gasteiger partial charge >= 0.3 is 5.97 Å². The molecular weight excluding hydrogens is 543 g/mol. The minimum atomic E-state index is -0.744. The summed E-state index contributed by atoms with van der Waals surface area (Å²) in [5, 5.41) is 9.79. The monoisotopic (exact) mass is 584 g/mol. The van der Waals surface area contributed by atoms with E-state index in [-0.39, 0.29) is 17.8 Å². The fourth-order valence-corrected chi connectivity index (χ4v) is 8.27. The van der Waals surface area contributed by atoms with Gasteiger partial charge in [0.1, 0.15) is 17.7 Å². The highest BCUT2D eigenvalue weighted by Crippen LogP contribution is 2.50. The number of rotatable bonds is 8. The molecule has 2 bridgehead atoms. The van der Waals surface area contributed by atoms with Crippen molar-refractivity contribution in [1.29, 1.82) is 0 Å². The van der Waals surface area contributed by atoms with Crippen LogP contribution in [0.15, 0.2) is 48.7 Å². The van der Waals surface area contributed by atoms with E-state index in [1.54, 1.807) is 13.2 Å². The highest BCUT2D eigenvalue weighted by Gasteiger charge is 2.43. The molecule has 7 heteroatoms. The zero-order chi connectivity index (χ0) is 29.8. The van der Waals surface area contributed by atoms with E-state index in [9.17, 15) is 9.90 Å². The molecule has 6 atom stereocenters. The predicted molar refractivity (Wildman–Crippen MR) is 163 cm³/mol. The van der Waals surface area contributed by atoms with Gasteiger partial charge in [-0.2, -0.15) is 0 Å². The summed E-state index contributed by atoms with van der Waals surface area (Å²) in [6.07, 6.45) is 9.72. The number of aliphatic carboxylic acids is 1. The number of fused-ring (bicyclic) bond motifs is 3. The van der Waals surface area contributed by atoms with Gasteiger partial charge in [0.25, 0.3) is 0 Å². The minimum Gasteiger partial charge on any atom is -0.485 e. The molecule has 3 fully saturated rings. The maximum Gasteiger partial charge on any atom is 0.306 e. The Bertz CT molecular complexity index is 1540. The lowest BCUT2D eigenvalue weighted by Gasteiger charge is -2.33. The minimum absolute atomic E-state index is 0.00336. The van der Waals surface area contributed by atoms with Gasteiger partial charge in [-0.15, -0.1) is 0 Å². The number of carbonyl (C=O) groups is 1. The quantitative estimate of drug-likeness (QED) is 0.295. The molecule has 2 aromatic carbocycles. The van der Waals surface area contributed by atoms with Crippen LogP contribution >= 0.6 is 0 Å². The van der Waals surface area contributed by atoms with E-state index in [0.29, 0.717) is 35.4 Å². The Hall–Kier alpha value is -3.45. The van der Waals surface area contributed by atoms with E-state index < -0.39 is 11.9 Å². The molecule has 6 nitrogen and oxygen atoms in total.